The fraction of sp³-hybridized carbons (Fsp3) is 0.688. The van der Waals surface area contributed by atoms with Crippen LogP contribution in [0.1, 0.15) is 135 Å². The van der Waals surface area contributed by atoms with Crippen LogP contribution in [0.25, 0.3) is 6.08 Å². The first-order chi connectivity index (χ1) is 18.6. The van der Waals surface area contributed by atoms with E-state index < -0.39 is 20.6 Å². The van der Waals surface area contributed by atoms with E-state index in [2.05, 4.69) is 6.92 Å². The van der Waals surface area contributed by atoms with Gasteiger partial charge in [0.15, 0.2) is 9.84 Å². The van der Waals surface area contributed by atoms with Gasteiger partial charge in [0.25, 0.3) is 0 Å². The van der Waals surface area contributed by atoms with E-state index in [1.54, 1.807) is 38.1 Å². The molecule has 0 aliphatic heterocycles. The molecule has 0 atom stereocenters. The van der Waals surface area contributed by atoms with Gasteiger partial charge < -0.3 is 9.84 Å². The summed E-state index contributed by atoms with van der Waals surface area (Å²) in [5, 5.41) is 8.88. The molecular formula is C32H52O6S. The molecule has 0 radical (unpaired) electrons. The van der Waals surface area contributed by atoms with Gasteiger partial charge in [-0.3, -0.25) is 4.79 Å². The lowest BCUT2D eigenvalue weighted by Gasteiger charge is -2.25. The molecule has 1 N–H and O–H groups in total. The lowest BCUT2D eigenvalue weighted by Crippen LogP contribution is -2.38. The van der Waals surface area contributed by atoms with E-state index >= 15 is 0 Å². The molecule has 222 valence electrons. The van der Waals surface area contributed by atoms with Crippen LogP contribution in [0.15, 0.2) is 30.3 Å². The highest BCUT2D eigenvalue weighted by atomic mass is 32.2. The van der Waals surface area contributed by atoms with Crippen LogP contribution < -0.4 is 0 Å². The van der Waals surface area contributed by atoms with Crippen molar-refractivity contribution in [3.8, 4) is 0 Å². The third kappa shape index (κ3) is 15.9. The van der Waals surface area contributed by atoms with E-state index in [0.717, 1.165) is 25.3 Å². The summed E-state index contributed by atoms with van der Waals surface area (Å²) in [6.07, 6.45) is 21.5. The Labute approximate surface area is 237 Å². The van der Waals surface area contributed by atoms with E-state index in [1.807, 2.05) is 0 Å². The van der Waals surface area contributed by atoms with E-state index in [-0.39, 0.29) is 18.3 Å². The van der Waals surface area contributed by atoms with Gasteiger partial charge >= 0.3 is 11.9 Å². The minimum atomic E-state index is -3.68. The highest BCUT2D eigenvalue weighted by Gasteiger charge is 2.36. The Morgan fingerprint density at radius 2 is 1.31 bits per heavy atom. The van der Waals surface area contributed by atoms with E-state index in [1.165, 1.54) is 83.1 Å². The quantitative estimate of drug-likeness (QED) is 0.0816. The Morgan fingerprint density at radius 1 is 0.821 bits per heavy atom. The van der Waals surface area contributed by atoms with Crippen molar-refractivity contribution in [2.45, 2.75) is 134 Å². The average Bonchev–Trinajstić information content (AvgIpc) is 2.89. The SMILES string of the molecule is CCCCCCCCCCCCCCCCCC(=O)OCC(C)(C)S(=O)(=O)Cc1ccccc1/C=C/C(=O)O. The third-order valence-electron chi connectivity index (χ3n) is 7.21. The van der Waals surface area contributed by atoms with Crippen molar-refractivity contribution in [3.05, 3.63) is 41.5 Å². The third-order valence-corrected chi connectivity index (χ3v) is 9.71. The van der Waals surface area contributed by atoms with Crippen molar-refractivity contribution < 1.29 is 27.9 Å². The van der Waals surface area contributed by atoms with Crippen LogP contribution in [0.5, 0.6) is 0 Å². The van der Waals surface area contributed by atoms with Crippen molar-refractivity contribution in [3.63, 3.8) is 0 Å². The molecule has 0 unspecified atom stereocenters. The summed E-state index contributed by atoms with van der Waals surface area (Å²) in [6, 6.07) is 6.78. The molecule has 0 bridgehead atoms. The molecule has 39 heavy (non-hydrogen) atoms. The molecule has 0 saturated carbocycles. The number of unbranched alkanes of at least 4 members (excludes halogenated alkanes) is 14. The highest BCUT2D eigenvalue weighted by Crippen LogP contribution is 2.24. The van der Waals surface area contributed by atoms with E-state index in [4.69, 9.17) is 9.84 Å². The van der Waals surface area contributed by atoms with E-state index in [0.29, 0.717) is 17.5 Å². The van der Waals surface area contributed by atoms with Crippen LogP contribution >= 0.6 is 0 Å². The van der Waals surface area contributed by atoms with E-state index in [9.17, 15) is 18.0 Å². The number of esters is 1. The van der Waals surface area contributed by atoms with Crippen LogP contribution in [0.2, 0.25) is 0 Å². The van der Waals surface area contributed by atoms with Gasteiger partial charge in [-0.15, -0.1) is 0 Å². The van der Waals surface area contributed by atoms with Gasteiger partial charge in [0, 0.05) is 12.5 Å². The summed E-state index contributed by atoms with van der Waals surface area (Å²) in [6.45, 7) is 5.16. The molecule has 7 heteroatoms. The van der Waals surface area contributed by atoms with Crippen molar-refractivity contribution in [2.24, 2.45) is 0 Å². The number of ether oxygens (including phenoxy) is 1. The maximum Gasteiger partial charge on any atom is 0.328 e. The van der Waals surface area contributed by atoms with Crippen molar-refractivity contribution in [1.82, 2.24) is 0 Å². The fourth-order valence-corrected chi connectivity index (χ4v) is 5.75. The smallest absolute Gasteiger partial charge is 0.328 e. The summed E-state index contributed by atoms with van der Waals surface area (Å²) >= 11 is 0. The van der Waals surface area contributed by atoms with Gasteiger partial charge in [0.05, 0.1) is 5.75 Å². The Hall–Kier alpha value is -2.15. The molecule has 6 nitrogen and oxygen atoms in total. The molecule has 1 rings (SSSR count). The maximum absolute atomic E-state index is 13.1. The number of carboxylic acid groups (broad SMARTS) is 1. The number of carbonyl (C=O) groups is 2. The Morgan fingerprint density at radius 3 is 1.82 bits per heavy atom. The molecular weight excluding hydrogens is 512 g/mol. The minimum absolute atomic E-state index is 0.208. The molecule has 0 fully saturated rings. The number of carboxylic acids is 1. The maximum atomic E-state index is 13.1. The highest BCUT2D eigenvalue weighted by molar-refractivity contribution is 7.92. The van der Waals surface area contributed by atoms with Gasteiger partial charge in [-0.2, -0.15) is 0 Å². The number of rotatable bonds is 23. The van der Waals surface area contributed by atoms with Crippen LogP contribution in [0, 0.1) is 0 Å². The minimum Gasteiger partial charge on any atom is -0.478 e. The van der Waals surface area contributed by atoms with Gasteiger partial charge in [0.2, 0.25) is 0 Å². The number of hydrogen-bond acceptors (Lipinski definition) is 5. The van der Waals surface area contributed by atoms with Crippen LogP contribution in [0.3, 0.4) is 0 Å². The first-order valence-electron chi connectivity index (χ1n) is 15.0. The van der Waals surface area contributed by atoms with Crippen LogP contribution in [-0.2, 0) is 29.9 Å². The molecule has 0 spiro atoms. The van der Waals surface area contributed by atoms with Crippen LogP contribution in [0.4, 0.5) is 0 Å². The second-order valence-corrected chi connectivity index (χ2v) is 13.9. The summed E-state index contributed by atoms with van der Waals surface area (Å²) in [5.41, 5.74) is 1.04. The summed E-state index contributed by atoms with van der Waals surface area (Å²) in [4.78, 5) is 23.1. The van der Waals surface area contributed by atoms with Gasteiger partial charge in [0.1, 0.15) is 11.4 Å². The summed E-state index contributed by atoms with van der Waals surface area (Å²) < 4.78 is 30.3. The van der Waals surface area contributed by atoms with Gasteiger partial charge in [-0.25, -0.2) is 13.2 Å². The van der Waals surface area contributed by atoms with Crippen molar-refractivity contribution in [2.75, 3.05) is 6.61 Å². The largest absolute Gasteiger partial charge is 0.478 e. The molecule has 0 saturated heterocycles. The molecule has 0 aromatic heterocycles. The molecule has 1 aromatic carbocycles. The second kappa shape index (κ2) is 19.8. The standard InChI is InChI=1S/C32H52O6S/c1-4-5-6-7-8-9-10-11-12-13-14-15-16-17-18-23-31(35)38-27-32(2,3)39(36,37)26-29-22-20-19-21-28(29)24-25-30(33)34/h19-22,24-25H,4-18,23,26-27H2,1-3H3,(H,33,34)/b25-24+. The predicted molar refractivity (Wildman–Crippen MR) is 160 cm³/mol. The van der Waals surface area contributed by atoms with Crippen molar-refractivity contribution in [1.29, 1.82) is 0 Å². The number of hydrogen-bond donors (Lipinski definition) is 1. The Balaban J connectivity index is 2.22. The van der Waals surface area contributed by atoms with Crippen LogP contribution in [-0.4, -0.2) is 36.8 Å². The molecule has 0 amide bonds. The first-order valence-corrected chi connectivity index (χ1v) is 16.6. The summed E-state index contributed by atoms with van der Waals surface area (Å²) in [5.74, 6) is -1.73. The first kappa shape index (κ1) is 34.9. The molecule has 1 aromatic rings. The van der Waals surface area contributed by atoms with Crippen molar-refractivity contribution >= 4 is 27.9 Å². The lowest BCUT2D eigenvalue weighted by atomic mass is 10.0. The van der Waals surface area contributed by atoms with Gasteiger partial charge in [-0.1, -0.05) is 121 Å². The summed E-state index contributed by atoms with van der Waals surface area (Å²) in [7, 11) is -3.68. The molecule has 0 aliphatic rings. The molecule has 0 heterocycles. The number of carbonyl (C=O) groups excluding carboxylic acids is 1. The molecule has 0 aliphatic carbocycles. The zero-order valence-corrected chi connectivity index (χ0v) is 25.4. The zero-order chi connectivity index (χ0) is 29.0. The fourth-order valence-electron chi connectivity index (χ4n) is 4.45. The normalized spacial score (nSPS) is 12.2. The predicted octanol–water partition coefficient (Wildman–Crippen LogP) is 8.28. The zero-order valence-electron chi connectivity index (χ0n) is 24.6. The topological polar surface area (TPSA) is 97.7 Å². The second-order valence-electron chi connectivity index (χ2n) is 11.2. The number of aliphatic carboxylic acids is 1. The number of sulfone groups is 1. The average molecular weight is 565 g/mol. The Kier molecular flexibility index (Phi) is 17.7. The Bertz CT molecular complexity index is 965. The number of benzene rings is 1. The monoisotopic (exact) mass is 564 g/mol. The lowest BCUT2D eigenvalue weighted by molar-refractivity contribution is -0.144. The van der Waals surface area contributed by atoms with Gasteiger partial charge in [-0.05, 0) is 37.5 Å².